The van der Waals surface area contributed by atoms with Crippen LogP contribution in [0.1, 0.15) is 24.2 Å². The van der Waals surface area contributed by atoms with Crippen LogP contribution in [0.4, 0.5) is 5.69 Å². The summed E-state index contributed by atoms with van der Waals surface area (Å²) in [6, 6.07) is 3.88. The standard InChI is InChI=1S/C14H15NO6/c1-3-19-8-11-13(16)10-7-9(15(17)18)5-6-12(10)21-14(11)20-4-2/h5-8,14H,3-4H2,1-2H3/b11-8-. The minimum Gasteiger partial charge on any atom is -0.501 e. The molecule has 1 heterocycles. The molecule has 0 fully saturated rings. The molecule has 1 aromatic rings. The summed E-state index contributed by atoms with van der Waals surface area (Å²) >= 11 is 0. The molecular formula is C14H15NO6. The Morgan fingerprint density at radius 2 is 2.14 bits per heavy atom. The highest BCUT2D eigenvalue weighted by Gasteiger charge is 2.34. The van der Waals surface area contributed by atoms with Crippen molar-refractivity contribution in [2.45, 2.75) is 20.1 Å². The normalized spacial score (nSPS) is 19.0. The third kappa shape index (κ3) is 3.03. The molecule has 0 N–H and O–H groups in total. The number of benzene rings is 1. The van der Waals surface area contributed by atoms with Crippen LogP contribution in [0.3, 0.4) is 0 Å². The van der Waals surface area contributed by atoms with Crippen molar-refractivity contribution in [1.29, 1.82) is 0 Å². The smallest absolute Gasteiger partial charge is 0.270 e. The molecule has 0 bridgehead atoms. The molecule has 0 aliphatic carbocycles. The first kappa shape index (κ1) is 15.0. The molecule has 0 saturated heterocycles. The van der Waals surface area contributed by atoms with Crippen molar-refractivity contribution < 1.29 is 23.9 Å². The fourth-order valence-electron chi connectivity index (χ4n) is 1.91. The Morgan fingerprint density at radius 1 is 1.38 bits per heavy atom. The molecule has 0 spiro atoms. The van der Waals surface area contributed by atoms with E-state index < -0.39 is 17.0 Å². The Morgan fingerprint density at radius 3 is 2.76 bits per heavy atom. The van der Waals surface area contributed by atoms with Crippen LogP contribution in [-0.4, -0.2) is 30.2 Å². The fourth-order valence-corrected chi connectivity index (χ4v) is 1.91. The van der Waals surface area contributed by atoms with Gasteiger partial charge in [-0.05, 0) is 19.9 Å². The number of fused-ring (bicyclic) bond motifs is 1. The van der Waals surface area contributed by atoms with E-state index in [1.54, 1.807) is 13.8 Å². The number of hydrogen-bond donors (Lipinski definition) is 0. The van der Waals surface area contributed by atoms with Crippen LogP contribution in [0, 0.1) is 10.1 Å². The molecule has 0 saturated carbocycles. The molecule has 0 aromatic heterocycles. The SMILES string of the molecule is CCO/C=C1/C(=O)c2cc([N+](=O)[O-])ccc2OC1OCC. The molecule has 112 valence electrons. The Balaban J connectivity index is 2.44. The predicted octanol–water partition coefficient (Wildman–Crippen LogP) is 2.45. The number of carbonyl (C=O) groups excluding carboxylic acids is 1. The largest absolute Gasteiger partial charge is 0.501 e. The molecule has 1 unspecified atom stereocenters. The van der Waals surface area contributed by atoms with Gasteiger partial charge in [0.15, 0.2) is 0 Å². The molecule has 1 aliphatic rings. The van der Waals surface area contributed by atoms with Gasteiger partial charge >= 0.3 is 0 Å². The van der Waals surface area contributed by atoms with Crippen LogP contribution in [0.25, 0.3) is 0 Å². The zero-order valence-electron chi connectivity index (χ0n) is 11.7. The molecular weight excluding hydrogens is 278 g/mol. The van der Waals surface area contributed by atoms with E-state index in [1.165, 1.54) is 24.5 Å². The van der Waals surface area contributed by atoms with Gasteiger partial charge in [0.25, 0.3) is 5.69 Å². The molecule has 7 nitrogen and oxygen atoms in total. The zero-order chi connectivity index (χ0) is 15.4. The Labute approximate surface area is 121 Å². The highest BCUT2D eigenvalue weighted by atomic mass is 16.7. The third-order valence-corrected chi connectivity index (χ3v) is 2.86. The molecule has 21 heavy (non-hydrogen) atoms. The van der Waals surface area contributed by atoms with Gasteiger partial charge in [-0.15, -0.1) is 0 Å². The lowest BCUT2D eigenvalue weighted by Gasteiger charge is -2.26. The van der Waals surface area contributed by atoms with E-state index in [-0.39, 0.29) is 22.6 Å². The average Bonchev–Trinajstić information content (AvgIpc) is 2.47. The number of rotatable bonds is 5. The summed E-state index contributed by atoms with van der Waals surface area (Å²) in [7, 11) is 0. The van der Waals surface area contributed by atoms with Crippen LogP contribution in [0.5, 0.6) is 5.75 Å². The van der Waals surface area contributed by atoms with Crippen molar-refractivity contribution in [3.8, 4) is 5.75 Å². The van der Waals surface area contributed by atoms with Crippen LogP contribution >= 0.6 is 0 Å². The number of nitrogens with zero attached hydrogens (tertiary/aromatic N) is 1. The number of Topliss-reactive ketones (excluding diaryl/α,β-unsaturated/α-hetero) is 1. The van der Waals surface area contributed by atoms with Crippen LogP contribution in [-0.2, 0) is 9.47 Å². The molecule has 7 heteroatoms. The van der Waals surface area contributed by atoms with E-state index in [4.69, 9.17) is 14.2 Å². The number of nitro groups is 1. The molecule has 0 amide bonds. The lowest BCUT2D eigenvalue weighted by atomic mass is 9.99. The number of carbonyl (C=O) groups is 1. The molecule has 1 atom stereocenters. The Hall–Kier alpha value is -2.41. The van der Waals surface area contributed by atoms with E-state index in [2.05, 4.69) is 0 Å². The van der Waals surface area contributed by atoms with Gasteiger partial charge in [-0.25, -0.2) is 0 Å². The van der Waals surface area contributed by atoms with Crippen molar-refractivity contribution in [3.63, 3.8) is 0 Å². The number of non-ortho nitro benzene ring substituents is 1. The summed E-state index contributed by atoms with van der Waals surface area (Å²) in [6.07, 6.45) is 0.410. The van der Waals surface area contributed by atoms with E-state index in [9.17, 15) is 14.9 Å². The van der Waals surface area contributed by atoms with E-state index in [0.29, 0.717) is 13.2 Å². The maximum atomic E-state index is 12.5. The van der Waals surface area contributed by atoms with E-state index >= 15 is 0 Å². The van der Waals surface area contributed by atoms with Crippen molar-refractivity contribution in [3.05, 3.63) is 45.7 Å². The highest BCUT2D eigenvalue weighted by Crippen LogP contribution is 2.33. The minimum absolute atomic E-state index is 0.131. The monoisotopic (exact) mass is 293 g/mol. The number of hydrogen-bond acceptors (Lipinski definition) is 6. The molecule has 1 aromatic carbocycles. The maximum Gasteiger partial charge on any atom is 0.270 e. The second kappa shape index (κ2) is 6.36. The van der Waals surface area contributed by atoms with Gasteiger partial charge in [0.05, 0.1) is 23.4 Å². The van der Waals surface area contributed by atoms with Crippen molar-refractivity contribution in [2.75, 3.05) is 13.2 Å². The zero-order valence-corrected chi connectivity index (χ0v) is 11.7. The number of nitro benzene ring substituents is 1. The third-order valence-electron chi connectivity index (χ3n) is 2.86. The lowest BCUT2D eigenvalue weighted by Crippen LogP contribution is -2.32. The first-order valence-corrected chi connectivity index (χ1v) is 6.51. The van der Waals surface area contributed by atoms with Crippen LogP contribution < -0.4 is 4.74 Å². The van der Waals surface area contributed by atoms with Gasteiger partial charge in [0.1, 0.15) is 11.3 Å². The van der Waals surface area contributed by atoms with Gasteiger partial charge in [-0.3, -0.25) is 14.9 Å². The van der Waals surface area contributed by atoms with Gasteiger partial charge in [-0.2, -0.15) is 0 Å². The van der Waals surface area contributed by atoms with Gasteiger partial charge in [-0.1, -0.05) is 0 Å². The summed E-state index contributed by atoms with van der Waals surface area (Å²) in [5.41, 5.74) is 0.147. The summed E-state index contributed by atoms with van der Waals surface area (Å²) < 4.78 is 16.1. The number of ether oxygens (including phenoxy) is 3. The maximum absolute atomic E-state index is 12.5. The second-order valence-electron chi connectivity index (χ2n) is 4.20. The minimum atomic E-state index is -0.872. The van der Waals surface area contributed by atoms with Gasteiger partial charge in [0, 0.05) is 18.7 Å². The lowest BCUT2D eigenvalue weighted by molar-refractivity contribution is -0.384. The second-order valence-corrected chi connectivity index (χ2v) is 4.20. The topological polar surface area (TPSA) is 87.9 Å². The first-order valence-electron chi connectivity index (χ1n) is 6.51. The fraction of sp³-hybridized carbons (Fsp3) is 0.357. The highest BCUT2D eigenvalue weighted by molar-refractivity contribution is 6.12. The predicted molar refractivity (Wildman–Crippen MR) is 73.2 cm³/mol. The first-order chi connectivity index (χ1) is 10.1. The average molecular weight is 293 g/mol. The van der Waals surface area contributed by atoms with Crippen LogP contribution in [0.2, 0.25) is 0 Å². The summed E-state index contributed by atoms with van der Waals surface area (Å²) in [4.78, 5) is 22.7. The van der Waals surface area contributed by atoms with Crippen molar-refractivity contribution in [2.24, 2.45) is 0 Å². The summed E-state index contributed by atoms with van der Waals surface area (Å²) in [5.74, 6) is -0.135. The van der Waals surface area contributed by atoms with Gasteiger partial charge < -0.3 is 14.2 Å². The van der Waals surface area contributed by atoms with Crippen LogP contribution in [0.15, 0.2) is 30.0 Å². The Bertz CT molecular complexity index is 595. The van der Waals surface area contributed by atoms with E-state index in [0.717, 1.165) is 0 Å². The van der Waals surface area contributed by atoms with E-state index in [1.807, 2.05) is 0 Å². The van der Waals surface area contributed by atoms with Gasteiger partial charge in [0.2, 0.25) is 12.1 Å². The van der Waals surface area contributed by atoms with Crippen molar-refractivity contribution in [1.82, 2.24) is 0 Å². The molecule has 0 radical (unpaired) electrons. The summed E-state index contributed by atoms with van der Waals surface area (Å²) in [6.45, 7) is 4.29. The molecule has 1 aliphatic heterocycles. The molecule has 2 rings (SSSR count). The number of ketones is 1. The Kier molecular flexibility index (Phi) is 4.54. The summed E-state index contributed by atoms with van der Waals surface area (Å²) in [5, 5.41) is 10.8. The quantitative estimate of drug-likeness (QED) is 0.358. The van der Waals surface area contributed by atoms with Crippen molar-refractivity contribution >= 4 is 11.5 Å².